The van der Waals surface area contributed by atoms with Crippen molar-refractivity contribution < 1.29 is 9.32 Å². The molecule has 0 aliphatic heterocycles. The molecule has 112 valence electrons. The van der Waals surface area contributed by atoms with E-state index in [4.69, 9.17) is 4.52 Å². The minimum Gasteiger partial charge on any atom is -0.344 e. The molecule has 0 bridgehead atoms. The maximum atomic E-state index is 11.9. The van der Waals surface area contributed by atoms with Crippen LogP contribution in [0, 0.1) is 0 Å². The lowest BCUT2D eigenvalue weighted by molar-refractivity contribution is 0.0907. The summed E-state index contributed by atoms with van der Waals surface area (Å²) in [5.41, 5.74) is 0.886. The smallest absolute Gasteiger partial charge is 0.316 e. The zero-order valence-corrected chi connectivity index (χ0v) is 12.9. The molecule has 3 aromatic heterocycles. The van der Waals surface area contributed by atoms with Crippen LogP contribution in [0.1, 0.15) is 22.1 Å². The Kier molecular flexibility index (Phi) is 4.24. The SMILES string of the molecule is O=C(NCc1cccnc1)c1nc(Cn2cc(Br)cn2)no1. The molecule has 0 aromatic carbocycles. The van der Waals surface area contributed by atoms with Crippen LogP contribution < -0.4 is 5.32 Å². The third kappa shape index (κ3) is 3.55. The van der Waals surface area contributed by atoms with Gasteiger partial charge in [-0.2, -0.15) is 10.1 Å². The summed E-state index contributed by atoms with van der Waals surface area (Å²) in [4.78, 5) is 19.9. The van der Waals surface area contributed by atoms with Crippen molar-refractivity contribution in [1.29, 1.82) is 0 Å². The van der Waals surface area contributed by atoms with E-state index in [2.05, 4.69) is 41.5 Å². The molecule has 0 radical (unpaired) electrons. The van der Waals surface area contributed by atoms with Crippen LogP contribution in [0.5, 0.6) is 0 Å². The van der Waals surface area contributed by atoms with Gasteiger partial charge < -0.3 is 9.84 Å². The molecule has 3 aromatic rings. The lowest BCUT2D eigenvalue weighted by Gasteiger charge is -2.00. The molecular weight excluding hydrogens is 352 g/mol. The number of carbonyl (C=O) groups excluding carboxylic acids is 1. The summed E-state index contributed by atoms with van der Waals surface area (Å²) >= 11 is 3.30. The number of rotatable bonds is 5. The van der Waals surface area contributed by atoms with Crippen LogP contribution in [0.25, 0.3) is 0 Å². The molecule has 0 atom stereocenters. The van der Waals surface area contributed by atoms with Crippen molar-refractivity contribution in [2.45, 2.75) is 13.1 Å². The second kappa shape index (κ2) is 6.48. The van der Waals surface area contributed by atoms with Crippen LogP contribution in [0.15, 0.2) is 45.9 Å². The van der Waals surface area contributed by atoms with Gasteiger partial charge in [0.05, 0.1) is 10.7 Å². The first-order valence-corrected chi connectivity index (χ1v) is 7.17. The predicted molar refractivity (Wildman–Crippen MR) is 78.7 cm³/mol. The Balaban J connectivity index is 1.59. The van der Waals surface area contributed by atoms with E-state index in [1.807, 2.05) is 6.07 Å². The third-order valence-corrected chi connectivity index (χ3v) is 3.15. The third-order valence-electron chi connectivity index (χ3n) is 2.74. The molecule has 0 aliphatic rings. The fourth-order valence-corrected chi connectivity index (χ4v) is 2.07. The van der Waals surface area contributed by atoms with E-state index in [0.717, 1.165) is 10.0 Å². The van der Waals surface area contributed by atoms with Gasteiger partial charge in [0.1, 0.15) is 6.54 Å². The molecule has 0 aliphatic carbocycles. The quantitative estimate of drug-likeness (QED) is 0.736. The van der Waals surface area contributed by atoms with Crippen molar-refractivity contribution in [2.24, 2.45) is 0 Å². The van der Waals surface area contributed by atoms with E-state index < -0.39 is 5.91 Å². The molecule has 0 spiro atoms. The Labute approximate surface area is 133 Å². The Morgan fingerprint density at radius 1 is 1.41 bits per heavy atom. The molecule has 0 saturated carbocycles. The van der Waals surface area contributed by atoms with Crippen molar-refractivity contribution in [3.05, 3.63) is 58.7 Å². The van der Waals surface area contributed by atoms with Gasteiger partial charge in [-0.1, -0.05) is 11.2 Å². The standard InChI is InChI=1S/C13H11BrN6O2/c14-10-6-17-20(7-10)8-11-18-13(22-19-11)12(21)16-5-9-2-1-3-15-4-9/h1-4,6-7H,5,8H2,(H,16,21). The highest BCUT2D eigenvalue weighted by Gasteiger charge is 2.15. The molecule has 1 N–H and O–H groups in total. The number of hydrogen-bond acceptors (Lipinski definition) is 6. The van der Waals surface area contributed by atoms with E-state index >= 15 is 0 Å². The highest BCUT2D eigenvalue weighted by Crippen LogP contribution is 2.07. The van der Waals surface area contributed by atoms with Crippen LogP contribution in [0.4, 0.5) is 0 Å². The van der Waals surface area contributed by atoms with Gasteiger partial charge in [0.2, 0.25) is 0 Å². The molecule has 0 fully saturated rings. The summed E-state index contributed by atoms with van der Waals surface area (Å²) in [7, 11) is 0. The first-order valence-electron chi connectivity index (χ1n) is 6.38. The molecule has 8 nitrogen and oxygen atoms in total. The van der Waals surface area contributed by atoms with E-state index in [0.29, 0.717) is 18.9 Å². The second-order valence-corrected chi connectivity index (χ2v) is 5.33. The topological polar surface area (TPSA) is 98.7 Å². The van der Waals surface area contributed by atoms with Crippen LogP contribution in [0.2, 0.25) is 0 Å². The second-order valence-electron chi connectivity index (χ2n) is 4.42. The monoisotopic (exact) mass is 362 g/mol. The van der Waals surface area contributed by atoms with Gasteiger partial charge in [0.25, 0.3) is 0 Å². The molecular formula is C13H11BrN6O2. The number of pyridine rings is 1. The molecule has 22 heavy (non-hydrogen) atoms. The van der Waals surface area contributed by atoms with Gasteiger partial charge in [-0.3, -0.25) is 14.5 Å². The number of aromatic nitrogens is 5. The van der Waals surface area contributed by atoms with E-state index in [9.17, 15) is 4.79 Å². The average molecular weight is 363 g/mol. The lowest BCUT2D eigenvalue weighted by Crippen LogP contribution is -2.23. The molecule has 1 amide bonds. The van der Waals surface area contributed by atoms with Crippen LogP contribution in [-0.4, -0.2) is 30.8 Å². The van der Waals surface area contributed by atoms with Crippen molar-refractivity contribution in [3.63, 3.8) is 0 Å². The first kappa shape index (κ1) is 14.4. The maximum absolute atomic E-state index is 11.9. The molecule has 0 unspecified atom stereocenters. The highest BCUT2D eigenvalue weighted by atomic mass is 79.9. The van der Waals surface area contributed by atoms with Crippen molar-refractivity contribution in [1.82, 2.24) is 30.2 Å². The summed E-state index contributed by atoms with van der Waals surface area (Å²) in [6.07, 6.45) is 6.78. The largest absolute Gasteiger partial charge is 0.344 e. The van der Waals surface area contributed by atoms with E-state index in [-0.39, 0.29) is 5.89 Å². The Morgan fingerprint density at radius 3 is 3.05 bits per heavy atom. The Hall–Kier alpha value is -2.55. The van der Waals surface area contributed by atoms with Gasteiger partial charge in [-0.25, -0.2) is 0 Å². The average Bonchev–Trinajstić information content (AvgIpc) is 3.16. The highest BCUT2D eigenvalue weighted by molar-refractivity contribution is 9.10. The summed E-state index contributed by atoms with van der Waals surface area (Å²) in [5, 5.41) is 10.5. The summed E-state index contributed by atoms with van der Waals surface area (Å²) < 4.78 is 7.44. The van der Waals surface area contributed by atoms with Crippen LogP contribution in [-0.2, 0) is 13.1 Å². The summed E-state index contributed by atoms with van der Waals surface area (Å²) in [6.45, 7) is 0.668. The first-order chi connectivity index (χ1) is 10.7. The van der Waals surface area contributed by atoms with Crippen molar-refractivity contribution >= 4 is 21.8 Å². The molecule has 9 heteroatoms. The van der Waals surface area contributed by atoms with Crippen molar-refractivity contribution in [3.8, 4) is 0 Å². The number of hydrogen-bond donors (Lipinski definition) is 1. The van der Waals surface area contributed by atoms with Crippen LogP contribution >= 0.6 is 15.9 Å². The minimum absolute atomic E-state index is 0.0786. The molecule has 3 heterocycles. The molecule has 3 rings (SSSR count). The van der Waals surface area contributed by atoms with Gasteiger partial charge in [0, 0.05) is 25.1 Å². The van der Waals surface area contributed by atoms with Gasteiger partial charge in [-0.05, 0) is 27.6 Å². The van der Waals surface area contributed by atoms with Gasteiger partial charge in [0.15, 0.2) is 5.82 Å². The number of halogens is 1. The minimum atomic E-state index is -0.427. The summed E-state index contributed by atoms with van der Waals surface area (Å²) in [6, 6.07) is 3.66. The van der Waals surface area contributed by atoms with E-state index in [1.54, 1.807) is 35.5 Å². The molecule has 0 saturated heterocycles. The fraction of sp³-hybridized carbons (Fsp3) is 0.154. The predicted octanol–water partition coefficient (Wildman–Crippen LogP) is 1.40. The summed E-state index contributed by atoms with van der Waals surface area (Å²) in [5.74, 6) is -0.128. The Bertz CT molecular complexity index is 770. The maximum Gasteiger partial charge on any atom is 0.316 e. The van der Waals surface area contributed by atoms with Gasteiger partial charge >= 0.3 is 11.8 Å². The van der Waals surface area contributed by atoms with Crippen molar-refractivity contribution in [2.75, 3.05) is 0 Å². The zero-order valence-electron chi connectivity index (χ0n) is 11.3. The Morgan fingerprint density at radius 2 is 2.32 bits per heavy atom. The fourth-order valence-electron chi connectivity index (χ4n) is 1.74. The van der Waals surface area contributed by atoms with Crippen LogP contribution in [0.3, 0.4) is 0 Å². The normalized spacial score (nSPS) is 10.6. The number of amides is 1. The number of carbonyl (C=O) groups is 1. The van der Waals surface area contributed by atoms with Gasteiger partial charge in [-0.15, -0.1) is 0 Å². The lowest BCUT2D eigenvalue weighted by atomic mass is 10.3. The van der Waals surface area contributed by atoms with E-state index in [1.165, 1.54) is 0 Å². The zero-order chi connectivity index (χ0) is 15.4. The number of nitrogens with one attached hydrogen (secondary N) is 1. The number of nitrogens with zero attached hydrogens (tertiary/aromatic N) is 5.